The lowest BCUT2D eigenvalue weighted by Crippen LogP contribution is -2.07. The van der Waals surface area contributed by atoms with Crippen LogP contribution in [0.4, 0.5) is 17.1 Å². The lowest BCUT2D eigenvalue weighted by atomic mass is 10.1. The fourth-order valence-corrected chi connectivity index (χ4v) is 2.40. The van der Waals surface area contributed by atoms with Gasteiger partial charge in [-0.2, -0.15) is 0 Å². The molecule has 0 spiro atoms. The molecule has 0 radical (unpaired) electrons. The maximum absolute atomic E-state index is 11.6. The smallest absolute Gasteiger partial charge is 0.340 e. The summed E-state index contributed by atoms with van der Waals surface area (Å²) < 4.78 is 10.7. The SMILES string of the molecule is COC(=O)c1cccc(Nc2ccc(OC)c(Br)c2)c1N. The number of methoxy groups -OCH3 is 2. The van der Waals surface area contributed by atoms with Crippen molar-refractivity contribution in [3.63, 3.8) is 0 Å². The maximum Gasteiger partial charge on any atom is 0.340 e. The summed E-state index contributed by atoms with van der Waals surface area (Å²) in [5.74, 6) is 0.267. The van der Waals surface area contributed by atoms with Crippen LogP contribution in [0.1, 0.15) is 10.4 Å². The molecule has 0 saturated carbocycles. The van der Waals surface area contributed by atoms with Crippen LogP contribution in [0.2, 0.25) is 0 Å². The Morgan fingerprint density at radius 1 is 1.24 bits per heavy atom. The van der Waals surface area contributed by atoms with Crippen molar-refractivity contribution in [2.45, 2.75) is 0 Å². The fraction of sp³-hybridized carbons (Fsp3) is 0.133. The van der Waals surface area contributed by atoms with Crippen LogP contribution in [0.5, 0.6) is 5.75 Å². The number of nitrogen functional groups attached to an aromatic ring is 1. The molecule has 0 saturated heterocycles. The molecule has 0 bridgehead atoms. The number of para-hydroxylation sites is 1. The molecular weight excluding hydrogens is 336 g/mol. The third-order valence-electron chi connectivity index (χ3n) is 2.94. The predicted octanol–water partition coefficient (Wildman–Crippen LogP) is 3.57. The molecule has 0 heterocycles. The summed E-state index contributed by atoms with van der Waals surface area (Å²) in [6.45, 7) is 0. The van der Waals surface area contributed by atoms with Gasteiger partial charge in [0.1, 0.15) is 5.75 Å². The topological polar surface area (TPSA) is 73.6 Å². The Balaban J connectivity index is 2.32. The molecule has 2 rings (SSSR count). The van der Waals surface area contributed by atoms with E-state index in [1.54, 1.807) is 25.3 Å². The minimum absolute atomic E-state index is 0.329. The van der Waals surface area contributed by atoms with Crippen molar-refractivity contribution in [3.8, 4) is 5.75 Å². The van der Waals surface area contributed by atoms with Crippen molar-refractivity contribution in [3.05, 3.63) is 46.4 Å². The van der Waals surface area contributed by atoms with Gasteiger partial charge >= 0.3 is 5.97 Å². The number of benzene rings is 2. The summed E-state index contributed by atoms with van der Waals surface area (Å²) in [6, 6.07) is 10.7. The van der Waals surface area contributed by atoms with E-state index in [4.69, 9.17) is 15.2 Å². The van der Waals surface area contributed by atoms with Gasteiger partial charge in [0.15, 0.2) is 0 Å². The molecule has 0 aromatic heterocycles. The third kappa shape index (κ3) is 3.28. The summed E-state index contributed by atoms with van der Waals surface area (Å²) in [6.07, 6.45) is 0. The van der Waals surface area contributed by atoms with E-state index in [1.807, 2.05) is 18.2 Å². The highest BCUT2D eigenvalue weighted by Gasteiger charge is 2.13. The molecule has 3 N–H and O–H groups in total. The quantitative estimate of drug-likeness (QED) is 0.651. The Morgan fingerprint density at radius 3 is 2.62 bits per heavy atom. The zero-order chi connectivity index (χ0) is 15.4. The van der Waals surface area contributed by atoms with Crippen molar-refractivity contribution in [2.24, 2.45) is 0 Å². The monoisotopic (exact) mass is 350 g/mol. The van der Waals surface area contributed by atoms with Gasteiger partial charge in [-0.25, -0.2) is 4.79 Å². The highest BCUT2D eigenvalue weighted by Crippen LogP contribution is 2.31. The Kier molecular flexibility index (Phi) is 4.70. The van der Waals surface area contributed by atoms with Gasteiger partial charge < -0.3 is 20.5 Å². The first kappa shape index (κ1) is 15.2. The van der Waals surface area contributed by atoms with Gasteiger partial charge in [0.05, 0.1) is 35.6 Å². The summed E-state index contributed by atoms with van der Waals surface area (Å²) in [4.78, 5) is 11.6. The van der Waals surface area contributed by atoms with E-state index in [9.17, 15) is 4.79 Å². The summed E-state index contributed by atoms with van der Waals surface area (Å²) in [5.41, 5.74) is 8.12. The Labute approximate surface area is 131 Å². The largest absolute Gasteiger partial charge is 0.496 e. The normalized spacial score (nSPS) is 10.0. The summed E-state index contributed by atoms with van der Waals surface area (Å²) in [7, 11) is 2.92. The van der Waals surface area contributed by atoms with Crippen LogP contribution in [0.15, 0.2) is 40.9 Å². The number of hydrogen-bond acceptors (Lipinski definition) is 5. The number of carbonyl (C=O) groups is 1. The number of nitrogens with two attached hydrogens (primary N) is 1. The molecular formula is C15H15BrN2O3. The van der Waals surface area contributed by atoms with Crippen molar-refractivity contribution in [1.82, 2.24) is 0 Å². The number of nitrogens with one attached hydrogen (secondary N) is 1. The lowest BCUT2D eigenvalue weighted by molar-refractivity contribution is 0.0602. The zero-order valence-electron chi connectivity index (χ0n) is 11.6. The average molecular weight is 351 g/mol. The van der Waals surface area contributed by atoms with Crippen LogP contribution in [-0.4, -0.2) is 20.2 Å². The molecule has 0 aliphatic heterocycles. The second-order valence-electron chi connectivity index (χ2n) is 4.23. The lowest BCUT2D eigenvalue weighted by Gasteiger charge is -2.13. The van der Waals surface area contributed by atoms with Crippen LogP contribution in [0.3, 0.4) is 0 Å². The molecule has 0 unspecified atom stereocenters. The van der Waals surface area contributed by atoms with E-state index < -0.39 is 5.97 Å². The maximum atomic E-state index is 11.6. The van der Waals surface area contributed by atoms with Gasteiger partial charge in [-0.3, -0.25) is 0 Å². The number of ether oxygens (including phenoxy) is 2. The van der Waals surface area contributed by atoms with E-state index in [2.05, 4.69) is 21.2 Å². The molecule has 0 aliphatic carbocycles. The Hall–Kier alpha value is -2.21. The minimum Gasteiger partial charge on any atom is -0.496 e. The van der Waals surface area contributed by atoms with Gasteiger partial charge in [0, 0.05) is 5.69 Å². The molecule has 5 nitrogen and oxygen atoms in total. The highest BCUT2D eigenvalue weighted by atomic mass is 79.9. The van der Waals surface area contributed by atoms with E-state index in [0.29, 0.717) is 16.9 Å². The van der Waals surface area contributed by atoms with Gasteiger partial charge in [0.2, 0.25) is 0 Å². The van der Waals surface area contributed by atoms with E-state index in [0.717, 1.165) is 15.9 Å². The minimum atomic E-state index is -0.466. The first-order chi connectivity index (χ1) is 10.1. The third-order valence-corrected chi connectivity index (χ3v) is 3.56. The van der Waals surface area contributed by atoms with E-state index in [1.165, 1.54) is 7.11 Å². The van der Waals surface area contributed by atoms with Crippen molar-refractivity contribution in [1.29, 1.82) is 0 Å². The number of halogens is 1. The van der Waals surface area contributed by atoms with Gasteiger partial charge in [-0.15, -0.1) is 0 Å². The molecule has 21 heavy (non-hydrogen) atoms. The molecule has 2 aromatic carbocycles. The first-order valence-electron chi connectivity index (χ1n) is 6.14. The number of anilines is 3. The molecule has 0 aliphatic rings. The molecule has 0 amide bonds. The second-order valence-corrected chi connectivity index (χ2v) is 5.09. The Bertz CT molecular complexity index is 674. The number of esters is 1. The summed E-state index contributed by atoms with van der Waals surface area (Å²) >= 11 is 3.42. The van der Waals surface area contributed by atoms with Crippen molar-refractivity contribution in [2.75, 3.05) is 25.3 Å². The number of rotatable bonds is 4. The molecule has 0 atom stereocenters. The van der Waals surface area contributed by atoms with Gasteiger partial charge in [0.25, 0.3) is 0 Å². The highest BCUT2D eigenvalue weighted by molar-refractivity contribution is 9.10. The summed E-state index contributed by atoms with van der Waals surface area (Å²) in [5, 5.41) is 3.17. The first-order valence-corrected chi connectivity index (χ1v) is 6.93. The molecule has 110 valence electrons. The molecule has 2 aromatic rings. The number of hydrogen-bond donors (Lipinski definition) is 2. The van der Waals surface area contributed by atoms with E-state index in [-0.39, 0.29) is 0 Å². The molecule has 6 heteroatoms. The van der Waals surface area contributed by atoms with Crippen LogP contribution in [0.25, 0.3) is 0 Å². The van der Waals surface area contributed by atoms with Crippen LogP contribution >= 0.6 is 15.9 Å². The fourth-order valence-electron chi connectivity index (χ4n) is 1.86. The van der Waals surface area contributed by atoms with E-state index >= 15 is 0 Å². The second kappa shape index (κ2) is 6.49. The van der Waals surface area contributed by atoms with Crippen LogP contribution in [-0.2, 0) is 4.74 Å². The van der Waals surface area contributed by atoms with Gasteiger partial charge in [-0.05, 0) is 46.3 Å². The predicted molar refractivity (Wildman–Crippen MR) is 86.2 cm³/mol. The van der Waals surface area contributed by atoms with Crippen LogP contribution in [0, 0.1) is 0 Å². The van der Waals surface area contributed by atoms with Crippen molar-refractivity contribution < 1.29 is 14.3 Å². The van der Waals surface area contributed by atoms with Crippen molar-refractivity contribution >= 4 is 39.0 Å². The average Bonchev–Trinajstić information content (AvgIpc) is 2.49. The van der Waals surface area contributed by atoms with Crippen LogP contribution < -0.4 is 15.8 Å². The van der Waals surface area contributed by atoms with Gasteiger partial charge in [-0.1, -0.05) is 6.07 Å². The zero-order valence-corrected chi connectivity index (χ0v) is 13.2. The standard InChI is InChI=1S/C15H15BrN2O3/c1-20-13-7-6-9(8-11(13)16)18-12-5-3-4-10(14(12)17)15(19)21-2/h3-8,18H,17H2,1-2H3. The Morgan fingerprint density at radius 2 is 2.00 bits per heavy atom. The number of carbonyl (C=O) groups excluding carboxylic acids is 1. The molecule has 0 fully saturated rings.